The van der Waals surface area contributed by atoms with E-state index in [2.05, 4.69) is 59.5 Å². The zero-order chi connectivity index (χ0) is 26.2. The maximum Gasteiger partial charge on any atom is 0.163 e. The number of Topliss-reactive ketones (excluding diaryl/α,β-unsaturated/α-hetero) is 1. The van der Waals surface area contributed by atoms with Gasteiger partial charge in [-0.25, -0.2) is 0 Å². The van der Waals surface area contributed by atoms with E-state index in [0.29, 0.717) is 11.3 Å². The number of carbonyl (C=O) groups is 1. The Morgan fingerprint density at radius 1 is 0.658 bits per heavy atom. The fourth-order valence-corrected chi connectivity index (χ4v) is 5.33. The van der Waals surface area contributed by atoms with Crippen LogP contribution in [-0.4, -0.2) is 12.9 Å². The van der Waals surface area contributed by atoms with Crippen molar-refractivity contribution in [3.8, 4) is 0 Å². The molecule has 4 nitrogen and oxygen atoms in total. The van der Waals surface area contributed by atoms with E-state index < -0.39 is 0 Å². The molecular weight excluding hydrogens is 470 g/mol. The third kappa shape index (κ3) is 3.82. The minimum absolute atomic E-state index is 0.0331. The molecule has 0 saturated carbocycles. The van der Waals surface area contributed by atoms with Gasteiger partial charge in [0.15, 0.2) is 11.4 Å². The zero-order valence-corrected chi connectivity index (χ0v) is 21.6. The van der Waals surface area contributed by atoms with Crippen LogP contribution >= 0.6 is 0 Å². The second-order valence-corrected chi connectivity index (χ2v) is 9.29. The molecule has 0 aliphatic carbocycles. The van der Waals surface area contributed by atoms with Crippen molar-refractivity contribution in [2.45, 2.75) is 13.8 Å². The van der Waals surface area contributed by atoms with Crippen LogP contribution in [0.1, 0.15) is 19.4 Å². The molecule has 1 aromatic heterocycles. The molecule has 0 radical (unpaired) electrons. The first kappa shape index (κ1) is 23.6. The van der Waals surface area contributed by atoms with Crippen molar-refractivity contribution in [2.75, 3.05) is 12.0 Å². The Bertz CT molecular complexity index is 1850. The molecule has 6 rings (SSSR count). The highest BCUT2D eigenvalue weighted by atomic mass is 16.5. The molecule has 4 heteroatoms. The normalized spacial score (nSPS) is 12.1. The largest absolute Gasteiger partial charge is 0.501 e. The molecule has 0 amide bonds. The van der Waals surface area contributed by atoms with Crippen LogP contribution in [0.4, 0.5) is 17.1 Å². The minimum Gasteiger partial charge on any atom is -0.501 e. The second-order valence-electron chi connectivity index (χ2n) is 9.29. The molecule has 0 aliphatic rings. The summed E-state index contributed by atoms with van der Waals surface area (Å²) in [5, 5.41) is 4.15. The van der Waals surface area contributed by atoms with E-state index >= 15 is 0 Å². The van der Waals surface area contributed by atoms with Crippen molar-refractivity contribution in [1.29, 1.82) is 0 Å². The van der Waals surface area contributed by atoms with Gasteiger partial charge in [0, 0.05) is 21.8 Å². The smallest absolute Gasteiger partial charge is 0.163 e. The number of rotatable bonds is 6. The molecule has 0 aliphatic heterocycles. The van der Waals surface area contributed by atoms with Crippen LogP contribution in [0.5, 0.6) is 0 Å². The number of hydrogen-bond acceptors (Lipinski definition) is 4. The standard InChI is InChI=1S/C34H27NO3/c1-22(36)33(23(2)37-3)28-17-9-16-26-25(28)15-10-19-30(26)35(24-12-5-4-6-13-24)31-20-11-18-29-27-14-7-8-21-32(27)38-34(29)31/h4-21H,1-3H3/b33-23+. The van der Waals surface area contributed by atoms with Crippen LogP contribution in [0.2, 0.25) is 0 Å². The summed E-state index contributed by atoms with van der Waals surface area (Å²) in [4.78, 5) is 15.0. The van der Waals surface area contributed by atoms with E-state index in [4.69, 9.17) is 9.15 Å². The Morgan fingerprint density at radius 2 is 1.29 bits per heavy atom. The van der Waals surface area contributed by atoms with Gasteiger partial charge in [-0.1, -0.05) is 78.9 Å². The summed E-state index contributed by atoms with van der Waals surface area (Å²) in [5.74, 6) is 0.566. The third-order valence-electron chi connectivity index (χ3n) is 7.06. The molecule has 0 fully saturated rings. The van der Waals surface area contributed by atoms with E-state index in [1.165, 1.54) is 0 Å². The monoisotopic (exact) mass is 497 g/mol. The number of carbonyl (C=O) groups excluding carboxylic acids is 1. The molecule has 0 unspecified atom stereocenters. The van der Waals surface area contributed by atoms with Crippen molar-refractivity contribution >= 4 is 61.1 Å². The SMILES string of the molecule is CO/C(C)=C(\C(C)=O)c1cccc2c(N(c3ccccc3)c3cccc4c3oc3ccccc34)cccc12. The first-order chi connectivity index (χ1) is 18.6. The van der Waals surface area contributed by atoms with Crippen molar-refractivity contribution in [3.05, 3.63) is 121 Å². The van der Waals surface area contributed by atoms with Gasteiger partial charge in [-0.3, -0.25) is 4.79 Å². The third-order valence-corrected chi connectivity index (χ3v) is 7.06. The minimum atomic E-state index is -0.0331. The molecule has 0 N–H and O–H groups in total. The number of ketones is 1. The Hall–Kier alpha value is -4.83. The fraction of sp³-hybridized carbons (Fsp3) is 0.0882. The molecule has 0 bridgehead atoms. The van der Waals surface area contributed by atoms with Crippen LogP contribution in [-0.2, 0) is 9.53 Å². The second kappa shape index (κ2) is 9.56. The lowest BCUT2D eigenvalue weighted by atomic mass is 9.94. The van der Waals surface area contributed by atoms with Gasteiger partial charge < -0.3 is 14.1 Å². The number of benzene rings is 5. The predicted molar refractivity (Wildman–Crippen MR) is 156 cm³/mol. The van der Waals surface area contributed by atoms with Crippen LogP contribution in [0.25, 0.3) is 38.3 Å². The van der Waals surface area contributed by atoms with Gasteiger partial charge in [-0.05, 0) is 55.1 Å². The molecular formula is C34H27NO3. The highest BCUT2D eigenvalue weighted by Gasteiger charge is 2.22. The molecule has 6 aromatic rings. The van der Waals surface area contributed by atoms with E-state index in [1.807, 2.05) is 61.5 Å². The molecule has 5 aromatic carbocycles. The number of anilines is 3. The Kier molecular flexibility index (Phi) is 5.93. The molecule has 0 atom stereocenters. The Balaban J connectivity index is 1.67. The molecule has 0 spiro atoms. The maximum atomic E-state index is 12.7. The number of fused-ring (bicyclic) bond motifs is 4. The molecule has 0 saturated heterocycles. The lowest BCUT2D eigenvalue weighted by Gasteiger charge is -2.27. The van der Waals surface area contributed by atoms with Gasteiger partial charge in [0.05, 0.1) is 24.1 Å². The van der Waals surface area contributed by atoms with E-state index in [0.717, 1.165) is 55.3 Å². The van der Waals surface area contributed by atoms with Gasteiger partial charge in [0.25, 0.3) is 0 Å². The number of ether oxygens (including phenoxy) is 1. The summed E-state index contributed by atoms with van der Waals surface area (Å²) < 4.78 is 12.0. The predicted octanol–water partition coefficient (Wildman–Crippen LogP) is 9.18. The highest BCUT2D eigenvalue weighted by molar-refractivity contribution is 6.24. The van der Waals surface area contributed by atoms with Gasteiger partial charge in [0.2, 0.25) is 0 Å². The average Bonchev–Trinajstić information content (AvgIpc) is 3.33. The van der Waals surface area contributed by atoms with Gasteiger partial charge >= 0.3 is 0 Å². The molecule has 1 heterocycles. The van der Waals surface area contributed by atoms with Crippen LogP contribution in [0.15, 0.2) is 119 Å². The summed E-state index contributed by atoms with van der Waals surface area (Å²) in [7, 11) is 1.60. The molecule has 186 valence electrons. The Morgan fingerprint density at radius 3 is 2.05 bits per heavy atom. The van der Waals surface area contributed by atoms with Crippen molar-refractivity contribution in [3.63, 3.8) is 0 Å². The number of nitrogens with zero attached hydrogens (tertiary/aromatic N) is 1. The number of allylic oxidation sites excluding steroid dienone is 2. The quantitative estimate of drug-likeness (QED) is 0.170. The van der Waals surface area contributed by atoms with Gasteiger partial charge in [-0.2, -0.15) is 0 Å². The maximum absolute atomic E-state index is 12.7. The summed E-state index contributed by atoms with van der Waals surface area (Å²) >= 11 is 0. The number of para-hydroxylation sites is 3. The number of hydrogen-bond donors (Lipinski definition) is 0. The summed E-state index contributed by atoms with van der Waals surface area (Å²) in [6.45, 7) is 3.41. The highest BCUT2D eigenvalue weighted by Crippen LogP contribution is 2.44. The van der Waals surface area contributed by atoms with E-state index in [1.54, 1.807) is 14.0 Å². The van der Waals surface area contributed by atoms with E-state index in [-0.39, 0.29) is 5.78 Å². The first-order valence-electron chi connectivity index (χ1n) is 12.6. The fourth-order valence-electron chi connectivity index (χ4n) is 5.33. The van der Waals surface area contributed by atoms with Crippen molar-refractivity contribution < 1.29 is 13.9 Å². The Labute approximate surface area is 221 Å². The summed E-state index contributed by atoms with van der Waals surface area (Å²) in [5.41, 5.74) is 6.06. The van der Waals surface area contributed by atoms with Gasteiger partial charge in [-0.15, -0.1) is 0 Å². The zero-order valence-electron chi connectivity index (χ0n) is 21.6. The number of methoxy groups -OCH3 is 1. The lowest BCUT2D eigenvalue weighted by molar-refractivity contribution is -0.111. The topological polar surface area (TPSA) is 42.7 Å². The number of furan rings is 1. The van der Waals surface area contributed by atoms with Crippen molar-refractivity contribution in [1.82, 2.24) is 0 Å². The lowest BCUT2D eigenvalue weighted by Crippen LogP contribution is -2.11. The molecule has 38 heavy (non-hydrogen) atoms. The van der Waals surface area contributed by atoms with Crippen molar-refractivity contribution in [2.24, 2.45) is 0 Å². The first-order valence-corrected chi connectivity index (χ1v) is 12.6. The van der Waals surface area contributed by atoms with Crippen LogP contribution in [0, 0.1) is 0 Å². The van der Waals surface area contributed by atoms with Crippen LogP contribution < -0.4 is 4.90 Å². The average molecular weight is 498 g/mol. The van der Waals surface area contributed by atoms with Crippen LogP contribution in [0.3, 0.4) is 0 Å². The van der Waals surface area contributed by atoms with Gasteiger partial charge in [0.1, 0.15) is 11.3 Å². The van der Waals surface area contributed by atoms with E-state index in [9.17, 15) is 4.79 Å². The summed E-state index contributed by atoms with van der Waals surface area (Å²) in [6, 6.07) is 37.0. The summed E-state index contributed by atoms with van der Waals surface area (Å²) in [6.07, 6.45) is 0.